The average molecular weight is 250 g/mol. The van der Waals surface area contributed by atoms with Gasteiger partial charge in [-0.2, -0.15) is 0 Å². The third-order valence-corrected chi connectivity index (χ3v) is 3.04. The third kappa shape index (κ3) is 2.34. The molecule has 18 heavy (non-hydrogen) atoms. The summed E-state index contributed by atoms with van der Waals surface area (Å²) >= 11 is 0. The molecule has 4 nitrogen and oxygen atoms in total. The summed E-state index contributed by atoms with van der Waals surface area (Å²) in [6.07, 6.45) is 5.36. The van der Waals surface area contributed by atoms with Gasteiger partial charge in [0, 0.05) is 12.6 Å². The van der Waals surface area contributed by atoms with Crippen molar-refractivity contribution in [3.63, 3.8) is 0 Å². The first-order valence-corrected chi connectivity index (χ1v) is 5.80. The predicted molar refractivity (Wildman–Crippen MR) is 64.6 cm³/mol. The SMILES string of the molecule is COc1cc(C(C)N2CCC=CC2=O)ncc1F. The first-order valence-electron chi connectivity index (χ1n) is 5.80. The van der Waals surface area contributed by atoms with Gasteiger partial charge in [0.25, 0.3) is 0 Å². The van der Waals surface area contributed by atoms with Crippen LogP contribution in [-0.2, 0) is 4.79 Å². The van der Waals surface area contributed by atoms with Gasteiger partial charge in [-0.25, -0.2) is 4.39 Å². The summed E-state index contributed by atoms with van der Waals surface area (Å²) in [6.45, 7) is 2.52. The Hall–Kier alpha value is -1.91. The molecule has 1 aromatic heterocycles. The Morgan fingerprint density at radius 3 is 3.00 bits per heavy atom. The Morgan fingerprint density at radius 2 is 2.33 bits per heavy atom. The molecule has 1 atom stereocenters. The van der Waals surface area contributed by atoms with Crippen molar-refractivity contribution in [1.29, 1.82) is 0 Å². The molecule has 0 spiro atoms. The molecule has 5 heteroatoms. The summed E-state index contributed by atoms with van der Waals surface area (Å²) in [5.41, 5.74) is 0.622. The highest BCUT2D eigenvalue weighted by atomic mass is 19.1. The van der Waals surface area contributed by atoms with Gasteiger partial charge in [0.1, 0.15) is 0 Å². The smallest absolute Gasteiger partial charge is 0.246 e. The number of pyridine rings is 1. The average Bonchev–Trinajstić information content (AvgIpc) is 2.39. The van der Waals surface area contributed by atoms with E-state index in [9.17, 15) is 9.18 Å². The zero-order valence-corrected chi connectivity index (χ0v) is 10.4. The molecule has 1 aliphatic rings. The van der Waals surface area contributed by atoms with Crippen molar-refractivity contribution >= 4 is 5.91 Å². The van der Waals surface area contributed by atoms with E-state index in [4.69, 9.17) is 4.74 Å². The van der Waals surface area contributed by atoms with Gasteiger partial charge in [-0.1, -0.05) is 6.08 Å². The number of aromatic nitrogens is 1. The maximum absolute atomic E-state index is 13.3. The van der Waals surface area contributed by atoms with E-state index >= 15 is 0 Å². The molecular weight excluding hydrogens is 235 g/mol. The summed E-state index contributed by atoms with van der Waals surface area (Å²) in [4.78, 5) is 17.5. The van der Waals surface area contributed by atoms with E-state index in [1.807, 2.05) is 13.0 Å². The zero-order chi connectivity index (χ0) is 13.1. The number of amides is 1. The number of nitrogens with zero attached hydrogens (tertiary/aromatic N) is 2. The number of methoxy groups -OCH3 is 1. The van der Waals surface area contributed by atoms with Crippen LogP contribution in [0.2, 0.25) is 0 Å². The van der Waals surface area contributed by atoms with Gasteiger partial charge < -0.3 is 9.64 Å². The summed E-state index contributed by atoms with van der Waals surface area (Å²) < 4.78 is 18.2. The van der Waals surface area contributed by atoms with Crippen LogP contribution in [0, 0.1) is 5.82 Å². The third-order valence-electron chi connectivity index (χ3n) is 3.04. The molecule has 96 valence electrons. The largest absolute Gasteiger partial charge is 0.494 e. The number of carbonyl (C=O) groups excluding carboxylic acids is 1. The molecule has 1 unspecified atom stereocenters. The summed E-state index contributed by atoms with van der Waals surface area (Å²) in [5, 5.41) is 0. The van der Waals surface area contributed by atoms with E-state index < -0.39 is 5.82 Å². The van der Waals surface area contributed by atoms with Gasteiger partial charge in [-0.15, -0.1) is 0 Å². The van der Waals surface area contributed by atoms with E-state index in [2.05, 4.69) is 4.98 Å². The van der Waals surface area contributed by atoms with Crippen molar-refractivity contribution in [2.45, 2.75) is 19.4 Å². The first kappa shape index (κ1) is 12.5. The van der Waals surface area contributed by atoms with E-state index in [1.54, 1.807) is 11.0 Å². The maximum Gasteiger partial charge on any atom is 0.246 e. The number of ether oxygens (including phenoxy) is 1. The molecule has 0 aromatic carbocycles. The summed E-state index contributed by atoms with van der Waals surface area (Å²) in [6, 6.07) is 1.34. The molecule has 0 radical (unpaired) electrons. The van der Waals surface area contributed by atoms with Gasteiger partial charge in [0.15, 0.2) is 11.6 Å². The van der Waals surface area contributed by atoms with Gasteiger partial charge in [0.05, 0.1) is 25.0 Å². The second kappa shape index (κ2) is 5.16. The Kier molecular flexibility index (Phi) is 3.60. The number of hydrogen-bond donors (Lipinski definition) is 0. The molecule has 0 N–H and O–H groups in total. The molecule has 0 saturated carbocycles. The highest BCUT2D eigenvalue weighted by Crippen LogP contribution is 2.25. The topological polar surface area (TPSA) is 42.4 Å². The summed E-state index contributed by atoms with van der Waals surface area (Å²) in [7, 11) is 1.40. The summed E-state index contributed by atoms with van der Waals surface area (Å²) in [5.74, 6) is -0.399. The van der Waals surface area contributed by atoms with Gasteiger partial charge in [-0.05, 0) is 19.4 Å². The van der Waals surface area contributed by atoms with Crippen molar-refractivity contribution < 1.29 is 13.9 Å². The molecule has 2 rings (SSSR count). The maximum atomic E-state index is 13.3. The van der Waals surface area contributed by atoms with Crippen LogP contribution in [-0.4, -0.2) is 29.4 Å². The van der Waals surface area contributed by atoms with E-state index in [0.29, 0.717) is 12.2 Å². The van der Waals surface area contributed by atoms with Crippen LogP contribution in [0.1, 0.15) is 25.1 Å². The lowest BCUT2D eigenvalue weighted by molar-refractivity contribution is -0.128. The molecule has 0 aliphatic carbocycles. The Morgan fingerprint density at radius 1 is 1.56 bits per heavy atom. The van der Waals surface area contributed by atoms with E-state index in [1.165, 1.54) is 13.2 Å². The standard InChI is InChI=1S/C13H15FN2O2/c1-9(16-6-4-3-5-13(16)17)11-7-12(18-2)10(14)8-15-11/h3,5,7-9H,4,6H2,1-2H3. The first-order chi connectivity index (χ1) is 8.63. The zero-order valence-electron chi connectivity index (χ0n) is 10.4. The van der Waals surface area contributed by atoms with Crippen molar-refractivity contribution in [2.24, 2.45) is 0 Å². The molecule has 0 bridgehead atoms. The van der Waals surface area contributed by atoms with Crippen LogP contribution >= 0.6 is 0 Å². The second-order valence-corrected chi connectivity index (χ2v) is 4.14. The van der Waals surface area contributed by atoms with Crippen LogP contribution in [0.25, 0.3) is 0 Å². The molecule has 0 fully saturated rings. The lowest BCUT2D eigenvalue weighted by Gasteiger charge is -2.29. The number of hydrogen-bond acceptors (Lipinski definition) is 3. The fourth-order valence-electron chi connectivity index (χ4n) is 1.97. The number of carbonyl (C=O) groups is 1. The molecule has 1 amide bonds. The van der Waals surface area contributed by atoms with Crippen LogP contribution in [0.15, 0.2) is 24.4 Å². The van der Waals surface area contributed by atoms with Gasteiger partial charge in [0.2, 0.25) is 5.91 Å². The van der Waals surface area contributed by atoms with E-state index in [0.717, 1.165) is 12.6 Å². The normalized spacial score (nSPS) is 16.8. The molecule has 0 saturated heterocycles. The van der Waals surface area contributed by atoms with Crippen molar-refractivity contribution in [1.82, 2.24) is 9.88 Å². The fourth-order valence-corrected chi connectivity index (χ4v) is 1.97. The quantitative estimate of drug-likeness (QED) is 0.824. The molecular formula is C13H15FN2O2. The van der Waals surface area contributed by atoms with Crippen molar-refractivity contribution in [3.8, 4) is 5.75 Å². The minimum absolute atomic E-state index is 0.0427. The van der Waals surface area contributed by atoms with Crippen LogP contribution < -0.4 is 4.74 Å². The van der Waals surface area contributed by atoms with Crippen molar-refractivity contribution in [2.75, 3.05) is 13.7 Å². The van der Waals surface area contributed by atoms with E-state index in [-0.39, 0.29) is 17.7 Å². The Bertz CT molecular complexity index is 488. The molecule has 2 heterocycles. The van der Waals surface area contributed by atoms with Crippen LogP contribution in [0.5, 0.6) is 5.75 Å². The number of rotatable bonds is 3. The highest BCUT2D eigenvalue weighted by molar-refractivity contribution is 5.88. The van der Waals surface area contributed by atoms with Gasteiger partial charge in [-0.3, -0.25) is 9.78 Å². The van der Waals surface area contributed by atoms with Crippen LogP contribution in [0.3, 0.4) is 0 Å². The number of halogens is 1. The minimum Gasteiger partial charge on any atom is -0.494 e. The molecule has 1 aliphatic heterocycles. The fraction of sp³-hybridized carbons (Fsp3) is 0.385. The monoisotopic (exact) mass is 250 g/mol. The van der Waals surface area contributed by atoms with Crippen molar-refractivity contribution in [3.05, 3.63) is 35.9 Å². The molecule has 1 aromatic rings. The predicted octanol–water partition coefficient (Wildman–Crippen LogP) is 2.08. The Labute approximate surface area is 105 Å². The minimum atomic E-state index is -0.502. The second-order valence-electron chi connectivity index (χ2n) is 4.14. The Balaban J connectivity index is 2.25. The lowest BCUT2D eigenvalue weighted by Crippen LogP contribution is -2.35. The lowest BCUT2D eigenvalue weighted by atomic mass is 10.1. The highest BCUT2D eigenvalue weighted by Gasteiger charge is 2.23. The van der Waals surface area contributed by atoms with Crippen LogP contribution in [0.4, 0.5) is 4.39 Å². The van der Waals surface area contributed by atoms with Gasteiger partial charge >= 0.3 is 0 Å².